The summed E-state index contributed by atoms with van der Waals surface area (Å²) in [5, 5.41) is 11.4. The highest BCUT2D eigenvalue weighted by Gasteiger charge is 2.43. The molecule has 1 N–H and O–H groups in total. The summed E-state index contributed by atoms with van der Waals surface area (Å²) in [6.45, 7) is 1.81. The van der Waals surface area contributed by atoms with Crippen LogP contribution in [0, 0.1) is 0 Å². The van der Waals surface area contributed by atoms with Gasteiger partial charge in [0.2, 0.25) is 5.60 Å². The Hall–Kier alpha value is -1.55. The van der Waals surface area contributed by atoms with Crippen molar-refractivity contribution in [1.29, 1.82) is 0 Å². The quantitative estimate of drug-likeness (QED) is 0.870. The Morgan fingerprint density at radius 2 is 1.81 bits per heavy atom. The van der Waals surface area contributed by atoms with Gasteiger partial charge in [0.1, 0.15) is 0 Å². The molecule has 0 aliphatic carbocycles. The molecule has 0 saturated heterocycles. The molecule has 1 atom stereocenters. The number of hydrogen-bond acceptors (Lipinski definition) is 3. The molecule has 3 nitrogen and oxygen atoms in total. The third kappa shape index (κ3) is 2.91. The zero-order chi connectivity index (χ0) is 15.5. The van der Waals surface area contributed by atoms with Gasteiger partial charge in [-0.25, -0.2) is 4.79 Å². The van der Waals surface area contributed by atoms with Gasteiger partial charge < -0.3 is 9.84 Å². The molecule has 2 aromatic carbocycles. The first-order valence-corrected chi connectivity index (χ1v) is 7.17. The summed E-state index contributed by atoms with van der Waals surface area (Å²) in [7, 11) is 0. The molecule has 0 heterocycles. The van der Waals surface area contributed by atoms with Crippen LogP contribution in [0.3, 0.4) is 0 Å². The van der Waals surface area contributed by atoms with Crippen molar-refractivity contribution in [2.45, 2.75) is 12.5 Å². The van der Waals surface area contributed by atoms with E-state index in [1.807, 2.05) is 0 Å². The molecule has 0 aromatic heterocycles. The first-order chi connectivity index (χ1) is 10.0. The van der Waals surface area contributed by atoms with E-state index in [1.54, 1.807) is 55.5 Å². The van der Waals surface area contributed by atoms with Gasteiger partial charge in [0.05, 0.1) is 16.7 Å². The van der Waals surface area contributed by atoms with Gasteiger partial charge >= 0.3 is 5.97 Å². The van der Waals surface area contributed by atoms with Gasteiger partial charge in [-0.05, 0) is 18.6 Å². The van der Waals surface area contributed by atoms with Crippen LogP contribution in [0.1, 0.15) is 18.1 Å². The summed E-state index contributed by atoms with van der Waals surface area (Å²) < 4.78 is 5.02. The normalized spacial score (nSPS) is 13.5. The summed E-state index contributed by atoms with van der Waals surface area (Å²) in [5.41, 5.74) is -1.44. The molecule has 0 fully saturated rings. The van der Waals surface area contributed by atoms with Gasteiger partial charge in [-0.1, -0.05) is 65.7 Å². The molecule has 0 spiro atoms. The third-order valence-corrected chi connectivity index (χ3v) is 3.92. The lowest BCUT2D eigenvalue weighted by Gasteiger charge is -2.27. The molecule has 21 heavy (non-hydrogen) atoms. The van der Waals surface area contributed by atoms with Crippen LogP contribution >= 0.6 is 23.2 Å². The van der Waals surface area contributed by atoms with E-state index in [0.717, 1.165) is 0 Å². The zero-order valence-electron chi connectivity index (χ0n) is 11.3. The van der Waals surface area contributed by atoms with Crippen molar-refractivity contribution in [2.24, 2.45) is 0 Å². The van der Waals surface area contributed by atoms with Crippen LogP contribution in [0.2, 0.25) is 10.0 Å². The number of halogens is 2. The van der Waals surface area contributed by atoms with E-state index in [4.69, 9.17) is 27.9 Å². The summed E-state index contributed by atoms with van der Waals surface area (Å²) >= 11 is 12.2. The van der Waals surface area contributed by atoms with Crippen LogP contribution in [-0.2, 0) is 15.1 Å². The van der Waals surface area contributed by atoms with Gasteiger partial charge in [-0.3, -0.25) is 0 Å². The van der Waals surface area contributed by atoms with Gasteiger partial charge in [-0.15, -0.1) is 0 Å². The smallest absolute Gasteiger partial charge is 0.347 e. The van der Waals surface area contributed by atoms with Crippen LogP contribution in [0.5, 0.6) is 0 Å². The number of benzene rings is 2. The molecule has 0 aliphatic heterocycles. The van der Waals surface area contributed by atoms with Crippen molar-refractivity contribution in [3.63, 3.8) is 0 Å². The Morgan fingerprint density at radius 1 is 1.14 bits per heavy atom. The first-order valence-electron chi connectivity index (χ1n) is 6.41. The Labute approximate surface area is 133 Å². The second-order valence-electron chi connectivity index (χ2n) is 4.40. The number of carbonyl (C=O) groups is 1. The average Bonchev–Trinajstić information content (AvgIpc) is 2.50. The Kier molecular flexibility index (Phi) is 4.88. The molecule has 5 heteroatoms. The minimum atomic E-state index is -2.00. The number of carbonyl (C=O) groups excluding carboxylic acids is 1. The lowest BCUT2D eigenvalue weighted by molar-refractivity contribution is -0.161. The van der Waals surface area contributed by atoms with Gasteiger partial charge in [0, 0.05) is 5.56 Å². The SMILES string of the molecule is CCOC(=O)C(O)(c1ccccc1)c1cccc(Cl)c1Cl. The fraction of sp³-hybridized carbons (Fsp3) is 0.188. The van der Waals surface area contributed by atoms with E-state index in [9.17, 15) is 9.90 Å². The average molecular weight is 325 g/mol. The summed E-state index contributed by atoms with van der Waals surface area (Å²) in [6.07, 6.45) is 0. The van der Waals surface area contributed by atoms with E-state index in [-0.39, 0.29) is 22.2 Å². The highest BCUT2D eigenvalue weighted by molar-refractivity contribution is 6.42. The second kappa shape index (κ2) is 6.48. The Morgan fingerprint density at radius 3 is 2.43 bits per heavy atom. The standard InChI is InChI=1S/C16H14Cl2O3/c1-2-21-15(19)16(20,11-7-4-3-5-8-11)12-9-6-10-13(17)14(12)18/h3-10,20H,2H2,1H3. The number of ether oxygens (including phenoxy) is 1. The van der Waals surface area contributed by atoms with E-state index in [2.05, 4.69) is 0 Å². The molecule has 2 aromatic rings. The third-order valence-electron chi connectivity index (χ3n) is 3.10. The second-order valence-corrected chi connectivity index (χ2v) is 5.18. The molecular weight excluding hydrogens is 311 g/mol. The highest BCUT2D eigenvalue weighted by Crippen LogP contribution is 2.38. The van der Waals surface area contributed by atoms with Crippen LogP contribution < -0.4 is 0 Å². The largest absolute Gasteiger partial charge is 0.463 e. The van der Waals surface area contributed by atoms with Crippen LogP contribution in [0.15, 0.2) is 48.5 Å². The zero-order valence-corrected chi connectivity index (χ0v) is 12.9. The maximum Gasteiger partial charge on any atom is 0.347 e. The van der Waals surface area contributed by atoms with E-state index >= 15 is 0 Å². The number of hydrogen-bond donors (Lipinski definition) is 1. The monoisotopic (exact) mass is 324 g/mol. The van der Waals surface area contributed by atoms with Crippen molar-refractivity contribution >= 4 is 29.2 Å². The molecule has 0 aliphatic rings. The highest BCUT2D eigenvalue weighted by atomic mass is 35.5. The van der Waals surface area contributed by atoms with E-state index < -0.39 is 11.6 Å². The summed E-state index contributed by atoms with van der Waals surface area (Å²) in [5.74, 6) is -0.791. The van der Waals surface area contributed by atoms with Gasteiger partial charge in [-0.2, -0.15) is 0 Å². The van der Waals surface area contributed by atoms with Crippen molar-refractivity contribution in [1.82, 2.24) is 0 Å². The maximum absolute atomic E-state index is 12.4. The van der Waals surface area contributed by atoms with Crippen molar-refractivity contribution in [2.75, 3.05) is 6.61 Å². The molecule has 0 bridgehead atoms. The first kappa shape index (κ1) is 15.8. The lowest BCUT2D eigenvalue weighted by Crippen LogP contribution is -2.39. The number of aliphatic hydroxyl groups is 1. The number of esters is 1. The summed E-state index contributed by atoms with van der Waals surface area (Å²) in [6, 6.07) is 13.3. The van der Waals surface area contributed by atoms with Crippen molar-refractivity contribution in [3.05, 3.63) is 69.7 Å². The van der Waals surface area contributed by atoms with E-state index in [0.29, 0.717) is 5.56 Å². The molecular formula is C16H14Cl2O3. The Bertz CT molecular complexity index is 643. The maximum atomic E-state index is 12.4. The fourth-order valence-corrected chi connectivity index (χ4v) is 2.52. The van der Waals surface area contributed by atoms with Crippen LogP contribution in [0.25, 0.3) is 0 Å². The summed E-state index contributed by atoms with van der Waals surface area (Å²) in [4.78, 5) is 12.4. The minimum Gasteiger partial charge on any atom is -0.463 e. The Balaban J connectivity index is 2.67. The molecule has 0 radical (unpaired) electrons. The predicted molar refractivity (Wildman–Crippen MR) is 82.5 cm³/mol. The predicted octanol–water partition coefficient (Wildman–Crippen LogP) is 3.79. The topological polar surface area (TPSA) is 46.5 Å². The molecule has 0 saturated carbocycles. The molecule has 2 rings (SSSR count). The van der Waals surface area contributed by atoms with Gasteiger partial charge in [0.25, 0.3) is 0 Å². The minimum absolute atomic E-state index is 0.124. The molecule has 0 amide bonds. The number of rotatable bonds is 4. The molecule has 110 valence electrons. The van der Waals surface area contributed by atoms with Crippen LogP contribution in [0.4, 0.5) is 0 Å². The van der Waals surface area contributed by atoms with Crippen molar-refractivity contribution < 1.29 is 14.6 Å². The van der Waals surface area contributed by atoms with Crippen LogP contribution in [-0.4, -0.2) is 17.7 Å². The van der Waals surface area contributed by atoms with Gasteiger partial charge in [0.15, 0.2) is 0 Å². The fourth-order valence-electron chi connectivity index (χ4n) is 2.08. The van der Waals surface area contributed by atoms with E-state index in [1.165, 1.54) is 0 Å². The van der Waals surface area contributed by atoms with Crippen molar-refractivity contribution in [3.8, 4) is 0 Å². The lowest BCUT2D eigenvalue weighted by atomic mass is 9.86. The molecule has 1 unspecified atom stereocenters.